The highest BCUT2D eigenvalue weighted by Crippen LogP contribution is 2.26. The van der Waals surface area contributed by atoms with Crippen LogP contribution in [0.15, 0.2) is 40.0 Å². The van der Waals surface area contributed by atoms with Gasteiger partial charge in [-0.15, -0.1) is 0 Å². The monoisotopic (exact) mass is 645 g/mol. The fourth-order valence-corrected chi connectivity index (χ4v) is 5.42. The van der Waals surface area contributed by atoms with Crippen LogP contribution in [-0.4, -0.2) is 68.8 Å². The van der Waals surface area contributed by atoms with Crippen molar-refractivity contribution in [1.29, 1.82) is 0 Å². The van der Waals surface area contributed by atoms with E-state index >= 15 is 0 Å². The third-order valence-electron chi connectivity index (χ3n) is 6.96. The number of para-hydroxylation sites is 1. The Morgan fingerprint density at radius 2 is 1.76 bits per heavy atom. The maximum atomic E-state index is 14.2. The number of hydrogen-bond acceptors (Lipinski definition) is 11. The van der Waals surface area contributed by atoms with Crippen LogP contribution in [0.4, 0.5) is 4.79 Å². The van der Waals surface area contributed by atoms with Gasteiger partial charge in [0, 0.05) is 0 Å². The zero-order valence-corrected chi connectivity index (χ0v) is 27.2. The lowest BCUT2D eigenvalue weighted by atomic mass is 9.87. The molecule has 0 aliphatic heterocycles. The molecule has 0 unspecified atom stereocenters. The summed E-state index contributed by atoms with van der Waals surface area (Å²) in [7, 11) is -2.83. The number of aromatic nitrogens is 2. The van der Waals surface area contributed by atoms with Crippen LogP contribution in [0.3, 0.4) is 0 Å². The van der Waals surface area contributed by atoms with E-state index in [1.807, 2.05) is 0 Å². The Morgan fingerprint density at radius 3 is 2.38 bits per heavy atom. The smallest absolute Gasteiger partial charge is 0.407 e. The highest BCUT2D eigenvalue weighted by Gasteiger charge is 2.29. The molecule has 1 aromatic heterocycles. The minimum Gasteiger partial charge on any atom is -0.463 e. The van der Waals surface area contributed by atoms with Crippen molar-refractivity contribution in [1.82, 2.24) is 19.6 Å². The lowest BCUT2D eigenvalue weighted by molar-refractivity contribution is -0.147. The van der Waals surface area contributed by atoms with Crippen LogP contribution >= 0.6 is 0 Å². The highest BCUT2D eigenvalue weighted by molar-refractivity contribution is 7.89. The molecular weight excluding hydrogens is 606 g/mol. The van der Waals surface area contributed by atoms with Crippen LogP contribution in [0.1, 0.15) is 55.0 Å². The molecule has 2 aromatic carbocycles. The van der Waals surface area contributed by atoms with E-state index in [4.69, 9.17) is 19.9 Å². The summed E-state index contributed by atoms with van der Waals surface area (Å²) in [6.07, 6.45) is -0.909. The summed E-state index contributed by atoms with van der Waals surface area (Å²) in [5, 5.41) is 2.50. The summed E-state index contributed by atoms with van der Waals surface area (Å²) < 4.78 is 44.7. The number of nitrogens with one attached hydrogen (secondary N) is 2. The van der Waals surface area contributed by atoms with E-state index in [0.717, 1.165) is 4.57 Å². The number of benzene rings is 2. The first-order valence-corrected chi connectivity index (χ1v) is 15.6. The number of ether oxygens (including phenoxy) is 3. The summed E-state index contributed by atoms with van der Waals surface area (Å²) in [6, 6.07) is 6.44. The lowest BCUT2D eigenvalue weighted by Gasteiger charge is -2.24. The molecule has 0 aliphatic carbocycles. The molecule has 0 saturated carbocycles. The van der Waals surface area contributed by atoms with Crippen LogP contribution in [0, 0.1) is 19.3 Å². The number of carbonyl (C=O) groups is 3. The normalized spacial score (nSPS) is 12.4. The molecule has 0 fully saturated rings. The summed E-state index contributed by atoms with van der Waals surface area (Å²) in [6.45, 7) is 9.63. The zero-order chi connectivity index (χ0) is 33.7. The number of aryl methyl sites for hydroxylation is 2. The number of fused-ring (bicyclic) bond motifs is 1. The Hall–Kier alpha value is -4.34. The summed E-state index contributed by atoms with van der Waals surface area (Å²) in [5.41, 5.74) is 5.83. The third kappa shape index (κ3) is 7.85. The van der Waals surface area contributed by atoms with Gasteiger partial charge >= 0.3 is 18.0 Å². The average Bonchev–Trinajstić information content (AvgIpc) is 2.97. The predicted octanol–water partition coefficient (Wildman–Crippen LogP) is 2.23. The number of esters is 2. The van der Waals surface area contributed by atoms with Crippen LogP contribution in [0.5, 0.6) is 0 Å². The Kier molecular flexibility index (Phi) is 11.1. The third-order valence-corrected chi connectivity index (χ3v) is 8.42. The molecule has 1 heterocycles. The van der Waals surface area contributed by atoms with Gasteiger partial charge in [0.25, 0.3) is 5.56 Å². The molecule has 45 heavy (non-hydrogen) atoms. The van der Waals surface area contributed by atoms with Gasteiger partial charge in [-0.3, -0.25) is 14.2 Å². The first-order valence-electron chi connectivity index (χ1n) is 14.1. The molecule has 15 heteroatoms. The molecule has 1 atom stereocenters. The molecule has 1 amide bonds. The molecule has 3 rings (SSSR count). The van der Waals surface area contributed by atoms with Crippen molar-refractivity contribution in [3.8, 4) is 5.69 Å². The lowest BCUT2D eigenvalue weighted by Crippen LogP contribution is -2.44. The standard InChI is InChI=1S/C30H39N5O9S/c1-8-42-27(37)23-17(2)15-19-24(18(23)3)26(36)35(20-11-9-10-12-21(20)45(40,41)32-7)22(34-19)16-44-29(39)33-13-14-43-28(38)25(31)30(4,5)6/h9-12,15,25,32H,8,13-14,16,31H2,1-7H3,(H,33,39)/t25-/m1/s1. The fraction of sp³-hybridized carbons (Fsp3) is 0.433. The van der Waals surface area contributed by atoms with E-state index in [-0.39, 0.29) is 52.6 Å². The SMILES string of the molecule is CCOC(=O)c1c(C)cc2nc(COC(=O)NCCOC(=O)[C@@H](N)C(C)(C)C)n(-c3ccccc3S(=O)(=O)NC)c(=O)c2c1C. The van der Waals surface area contributed by atoms with Crippen LogP contribution in [0.2, 0.25) is 0 Å². The van der Waals surface area contributed by atoms with Crippen LogP contribution < -0.4 is 21.3 Å². The number of amides is 1. The van der Waals surface area contributed by atoms with Gasteiger partial charge in [0.05, 0.1) is 35.3 Å². The van der Waals surface area contributed by atoms with E-state index in [2.05, 4.69) is 15.0 Å². The molecule has 0 aliphatic rings. The minimum atomic E-state index is -4.06. The second-order valence-corrected chi connectivity index (χ2v) is 13.0. The fourth-order valence-electron chi connectivity index (χ4n) is 4.51. The first kappa shape index (κ1) is 35.1. The number of sulfonamides is 1. The van der Waals surface area contributed by atoms with Gasteiger partial charge < -0.3 is 25.3 Å². The largest absolute Gasteiger partial charge is 0.463 e. The number of rotatable bonds is 11. The summed E-state index contributed by atoms with van der Waals surface area (Å²) in [5.74, 6) is -1.32. The topological polar surface area (TPSA) is 198 Å². The van der Waals surface area contributed by atoms with Gasteiger partial charge in [-0.2, -0.15) is 0 Å². The molecule has 244 valence electrons. The van der Waals surface area contributed by atoms with E-state index in [1.54, 1.807) is 41.5 Å². The van der Waals surface area contributed by atoms with Gasteiger partial charge in [-0.05, 0) is 62.6 Å². The second kappa shape index (κ2) is 14.2. The Morgan fingerprint density at radius 1 is 1.09 bits per heavy atom. The number of carbonyl (C=O) groups excluding carboxylic acids is 3. The van der Waals surface area contributed by atoms with Gasteiger partial charge in [0.15, 0.2) is 12.4 Å². The Balaban J connectivity index is 2.03. The number of hydrogen-bond donors (Lipinski definition) is 3. The van der Waals surface area contributed by atoms with Gasteiger partial charge in [-0.1, -0.05) is 32.9 Å². The van der Waals surface area contributed by atoms with E-state index in [0.29, 0.717) is 11.1 Å². The zero-order valence-electron chi connectivity index (χ0n) is 26.3. The van der Waals surface area contributed by atoms with Crippen molar-refractivity contribution >= 4 is 39.0 Å². The molecular formula is C30H39N5O9S. The van der Waals surface area contributed by atoms with Crippen molar-refractivity contribution in [3.05, 3.63) is 63.2 Å². The number of nitrogens with two attached hydrogens (primary N) is 1. The molecule has 0 saturated heterocycles. The van der Waals surface area contributed by atoms with Gasteiger partial charge in [-0.25, -0.2) is 27.7 Å². The average molecular weight is 646 g/mol. The Bertz CT molecular complexity index is 1780. The van der Waals surface area contributed by atoms with Crippen molar-refractivity contribution < 1.29 is 37.0 Å². The predicted molar refractivity (Wildman–Crippen MR) is 166 cm³/mol. The maximum absolute atomic E-state index is 14.2. The van der Waals surface area contributed by atoms with E-state index < -0.39 is 51.7 Å². The van der Waals surface area contributed by atoms with Crippen LogP contribution in [-0.2, 0) is 35.6 Å². The van der Waals surface area contributed by atoms with E-state index in [9.17, 15) is 27.6 Å². The van der Waals surface area contributed by atoms with Gasteiger partial charge in [0.2, 0.25) is 10.0 Å². The van der Waals surface area contributed by atoms with Gasteiger partial charge in [0.1, 0.15) is 17.5 Å². The van der Waals surface area contributed by atoms with Crippen LogP contribution in [0.25, 0.3) is 16.6 Å². The molecule has 14 nitrogen and oxygen atoms in total. The first-order chi connectivity index (χ1) is 21.0. The van der Waals surface area contributed by atoms with Crippen molar-refractivity contribution in [2.75, 3.05) is 26.8 Å². The van der Waals surface area contributed by atoms with Crippen molar-refractivity contribution in [2.45, 2.75) is 59.1 Å². The Labute approximate surface area is 261 Å². The summed E-state index contributed by atoms with van der Waals surface area (Å²) in [4.78, 5) is 55.9. The molecule has 0 spiro atoms. The number of alkyl carbamates (subject to hydrolysis) is 1. The number of nitrogens with zero attached hydrogens (tertiary/aromatic N) is 2. The van der Waals surface area contributed by atoms with E-state index in [1.165, 1.54) is 37.4 Å². The van der Waals surface area contributed by atoms with Crippen molar-refractivity contribution in [2.24, 2.45) is 11.1 Å². The maximum Gasteiger partial charge on any atom is 0.407 e. The molecule has 0 radical (unpaired) electrons. The molecule has 4 N–H and O–H groups in total. The quantitative estimate of drug-likeness (QED) is 0.157. The molecule has 0 bridgehead atoms. The highest BCUT2D eigenvalue weighted by atomic mass is 32.2. The second-order valence-electron chi connectivity index (χ2n) is 11.2. The molecule has 3 aromatic rings. The minimum absolute atomic E-state index is 0.0509. The van der Waals surface area contributed by atoms with Crippen molar-refractivity contribution in [3.63, 3.8) is 0 Å². The summed E-state index contributed by atoms with van der Waals surface area (Å²) >= 11 is 0.